The molecular formula is C11H9FN2O. The number of rotatable bonds is 1. The normalized spacial score (nSPS) is 10.3. The molecule has 0 unspecified atom stereocenters. The largest absolute Gasteiger partial charge is 0.281 e. The second-order valence-corrected chi connectivity index (χ2v) is 3.22. The Morgan fingerprint density at radius 2 is 2.20 bits per heavy atom. The SMILES string of the molecule is Cc1ccc(-n2ccncc2=O)cc1F. The summed E-state index contributed by atoms with van der Waals surface area (Å²) in [6, 6.07) is 4.66. The molecule has 0 aliphatic heterocycles. The molecule has 2 rings (SSSR count). The Morgan fingerprint density at radius 3 is 2.87 bits per heavy atom. The maximum absolute atomic E-state index is 13.3. The number of hydrogen-bond acceptors (Lipinski definition) is 2. The summed E-state index contributed by atoms with van der Waals surface area (Å²) in [5.41, 5.74) is 0.784. The predicted molar refractivity (Wildman–Crippen MR) is 54.5 cm³/mol. The number of nitrogens with zero attached hydrogens (tertiary/aromatic N) is 2. The van der Waals surface area contributed by atoms with Crippen LogP contribution in [0.25, 0.3) is 5.69 Å². The van der Waals surface area contributed by atoms with E-state index in [1.807, 2.05) is 0 Å². The Kier molecular flexibility index (Phi) is 2.33. The van der Waals surface area contributed by atoms with Gasteiger partial charge in [0, 0.05) is 12.4 Å². The van der Waals surface area contributed by atoms with Crippen molar-refractivity contribution in [1.82, 2.24) is 9.55 Å². The Hall–Kier alpha value is -1.97. The Bertz CT molecular complexity index is 548. The third-order valence-corrected chi connectivity index (χ3v) is 2.16. The van der Waals surface area contributed by atoms with E-state index in [1.54, 1.807) is 19.1 Å². The summed E-state index contributed by atoms with van der Waals surface area (Å²) in [6.45, 7) is 1.68. The van der Waals surface area contributed by atoms with Gasteiger partial charge >= 0.3 is 0 Å². The number of hydrogen-bond donors (Lipinski definition) is 0. The van der Waals surface area contributed by atoms with Gasteiger partial charge in [-0.05, 0) is 24.6 Å². The third kappa shape index (κ3) is 1.79. The van der Waals surface area contributed by atoms with Crippen LogP contribution in [0.4, 0.5) is 4.39 Å². The van der Waals surface area contributed by atoms with Crippen LogP contribution in [0.3, 0.4) is 0 Å². The fourth-order valence-corrected chi connectivity index (χ4v) is 1.29. The maximum Gasteiger partial charge on any atom is 0.273 e. The molecule has 0 saturated heterocycles. The molecule has 0 bridgehead atoms. The van der Waals surface area contributed by atoms with Crippen molar-refractivity contribution >= 4 is 0 Å². The summed E-state index contributed by atoms with van der Waals surface area (Å²) in [5, 5.41) is 0. The van der Waals surface area contributed by atoms with Gasteiger partial charge in [-0.3, -0.25) is 14.3 Å². The first-order chi connectivity index (χ1) is 7.18. The Balaban J connectivity index is 2.60. The number of aromatic nitrogens is 2. The van der Waals surface area contributed by atoms with Crippen molar-refractivity contribution in [2.75, 3.05) is 0 Å². The lowest BCUT2D eigenvalue weighted by molar-refractivity contribution is 0.617. The smallest absolute Gasteiger partial charge is 0.273 e. The van der Waals surface area contributed by atoms with Crippen LogP contribution in [0.2, 0.25) is 0 Å². The van der Waals surface area contributed by atoms with E-state index in [4.69, 9.17) is 0 Å². The van der Waals surface area contributed by atoms with Crippen LogP contribution in [0.5, 0.6) is 0 Å². The third-order valence-electron chi connectivity index (χ3n) is 2.16. The number of halogens is 1. The monoisotopic (exact) mass is 204 g/mol. The molecule has 0 saturated carbocycles. The molecule has 0 fully saturated rings. The second kappa shape index (κ2) is 3.65. The van der Waals surface area contributed by atoms with Crippen molar-refractivity contribution < 1.29 is 4.39 Å². The van der Waals surface area contributed by atoms with Gasteiger partial charge < -0.3 is 0 Å². The molecule has 1 heterocycles. The molecule has 3 nitrogen and oxygen atoms in total. The van der Waals surface area contributed by atoms with Crippen molar-refractivity contribution in [3.8, 4) is 5.69 Å². The molecule has 1 aromatic carbocycles. The van der Waals surface area contributed by atoms with Crippen LogP contribution in [-0.2, 0) is 0 Å². The van der Waals surface area contributed by atoms with Gasteiger partial charge in [0.15, 0.2) is 0 Å². The zero-order valence-corrected chi connectivity index (χ0v) is 8.14. The zero-order chi connectivity index (χ0) is 10.8. The van der Waals surface area contributed by atoms with E-state index in [9.17, 15) is 9.18 Å². The van der Waals surface area contributed by atoms with E-state index in [0.717, 1.165) is 0 Å². The molecule has 0 spiro atoms. The van der Waals surface area contributed by atoms with Crippen molar-refractivity contribution in [2.24, 2.45) is 0 Å². The minimum atomic E-state index is -0.323. The van der Waals surface area contributed by atoms with Crippen molar-refractivity contribution in [3.63, 3.8) is 0 Å². The molecule has 0 aliphatic carbocycles. The molecular weight excluding hydrogens is 195 g/mol. The topological polar surface area (TPSA) is 34.9 Å². The summed E-state index contributed by atoms with van der Waals surface area (Å²) < 4.78 is 14.6. The van der Waals surface area contributed by atoms with E-state index in [2.05, 4.69) is 4.98 Å². The van der Waals surface area contributed by atoms with Gasteiger partial charge in [-0.25, -0.2) is 4.39 Å². The first kappa shape index (κ1) is 9.58. The van der Waals surface area contributed by atoms with Gasteiger partial charge in [0.25, 0.3) is 5.56 Å². The molecule has 0 aliphatic rings. The fourth-order valence-electron chi connectivity index (χ4n) is 1.29. The minimum absolute atomic E-state index is 0.277. The fraction of sp³-hybridized carbons (Fsp3) is 0.0909. The van der Waals surface area contributed by atoms with E-state index in [1.165, 1.54) is 29.2 Å². The van der Waals surface area contributed by atoms with E-state index >= 15 is 0 Å². The van der Waals surface area contributed by atoms with Crippen LogP contribution in [0.1, 0.15) is 5.56 Å². The van der Waals surface area contributed by atoms with Gasteiger partial charge in [0.05, 0.1) is 11.9 Å². The average Bonchev–Trinajstić information content (AvgIpc) is 2.23. The van der Waals surface area contributed by atoms with Crippen LogP contribution < -0.4 is 5.56 Å². The summed E-state index contributed by atoms with van der Waals surface area (Å²) in [7, 11) is 0. The summed E-state index contributed by atoms with van der Waals surface area (Å²) in [6.07, 6.45) is 4.18. The summed E-state index contributed by atoms with van der Waals surface area (Å²) >= 11 is 0. The van der Waals surface area contributed by atoms with Gasteiger partial charge in [-0.1, -0.05) is 6.07 Å². The maximum atomic E-state index is 13.3. The van der Waals surface area contributed by atoms with Gasteiger partial charge in [0.2, 0.25) is 0 Å². The van der Waals surface area contributed by atoms with Crippen molar-refractivity contribution in [3.05, 3.63) is 58.5 Å². The van der Waals surface area contributed by atoms with Crippen LogP contribution in [-0.4, -0.2) is 9.55 Å². The number of aryl methyl sites for hydroxylation is 1. The molecule has 0 amide bonds. The standard InChI is InChI=1S/C11H9FN2O/c1-8-2-3-9(6-10(8)12)14-5-4-13-7-11(14)15/h2-7H,1H3. The second-order valence-electron chi connectivity index (χ2n) is 3.22. The van der Waals surface area contributed by atoms with Gasteiger partial charge in [-0.2, -0.15) is 0 Å². The van der Waals surface area contributed by atoms with Crippen LogP contribution >= 0.6 is 0 Å². The molecule has 1 aromatic heterocycles. The predicted octanol–water partition coefficient (Wildman–Crippen LogP) is 1.68. The first-order valence-corrected chi connectivity index (χ1v) is 4.47. The molecule has 0 radical (unpaired) electrons. The molecule has 0 atom stereocenters. The van der Waals surface area contributed by atoms with Crippen LogP contribution in [0, 0.1) is 12.7 Å². The minimum Gasteiger partial charge on any atom is -0.281 e. The van der Waals surface area contributed by atoms with E-state index in [-0.39, 0.29) is 11.4 Å². The quantitative estimate of drug-likeness (QED) is 0.708. The summed E-state index contributed by atoms with van der Waals surface area (Å²) in [5.74, 6) is -0.323. The molecule has 76 valence electrons. The highest BCUT2D eigenvalue weighted by Gasteiger charge is 2.02. The van der Waals surface area contributed by atoms with E-state index < -0.39 is 0 Å². The van der Waals surface area contributed by atoms with Crippen LogP contribution in [0.15, 0.2) is 41.6 Å². The number of benzene rings is 1. The molecule has 0 N–H and O–H groups in total. The van der Waals surface area contributed by atoms with E-state index in [0.29, 0.717) is 11.3 Å². The van der Waals surface area contributed by atoms with Crippen molar-refractivity contribution in [2.45, 2.75) is 6.92 Å². The highest BCUT2D eigenvalue weighted by atomic mass is 19.1. The average molecular weight is 204 g/mol. The molecule has 4 heteroatoms. The lowest BCUT2D eigenvalue weighted by Crippen LogP contribution is -2.16. The van der Waals surface area contributed by atoms with Gasteiger partial charge in [-0.15, -0.1) is 0 Å². The lowest BCUT2D eigenvalue weighted by Gasteiger charge is -2.05. The Labute approximate surface area is 85.8 Å². The highest BCUT2D eigenvalue weighted by molar-refractivity contribution is 5.35. The lowest BCUT2D eigenvalue weighted by atomic mass is 10.2. The zero-order valence-electron chi connectivity index (χ0n) is 8.14. The Morgan fingerprint density at radius 1 is 1.40 bits per heavy atom. The molecule has 15 heavy (non-hydrogen) atoms. The van der Waals surface area contributed by atoms with Crippen molar-refractivity contribution in [1.29, 1.82) is 0 Å². The highest BCUT2D eigenvalue weighted by Crippen LogP contribution is 2.11. The van der Waals surface area contributed by atoms with Gasteiger partial charge in [0.1, 0.15) is 5.82 Å². The molecule has 2 aromatic rings. The first-order valence-electron chi connectivity index (χ1n) is 4.47. The summed E-state index contributed by atoms with van der Waals surface area (Å²) in [4.78, 5) is 15.1.